The molecule has 1 saturated heterocycles. The number of oxazole rings is 1. The van der Waals surface area contributed by atoms with Gasteiger partial charge in [0.2, 0.25) is 0 Å². The molecule has 3 aromatic heterocycles. The molecule has 7 nitrogen and oxygen atoms in total. The van der Waals surface area contributed by atoms with Crippen LogP contribution in [-0.4, -0.2) is 52.0 Å². The molecule has 0 aliphatic carbocycles. The van der Waals surface area contributed by atoms with Gasteiger partial charge in [-0.15, -0.1) is 0 Å². The van der Waals surface area contributed by atoms with E-state index in [0.29, 0.717) is 28.4 Å². The molecule has 5 rings (SSSR count). The van der Waals surface area contributed by atoms with Gasteiger partial charge in [0.15, 0.2) is 17.3 Å². The van der Waals surface area contributed by atoms with Gasteiger partial charge in [-0.25, -0.2) is 14.4 Å². The van der Waals surface area contributed by atoms with E-state index in [4.69, 9.17) is 4.42 Å². The Balaban J connectivity index is 1.53. The van der Waals surface area contributed by atoms with Gasteiger partial charge in [-0.05, 0) is 30.8 Å². The number of hydrogen-bond donors (Lipinski definition) is 0. The lowest BCUT2D eigenvalue weighted by molar-refractivity contribution is 0.271. The second kappa shape index (κ2) is 7.21. The van der Waals surface area contributed by atoms with E-state index in [1.54, 1.807) is 17.4 Å². The van der Waals surface area contributed by atoms with Crippen LogP contribution in [0.5, 0.6) is 0 Å². The zero-order valence-electron chi connectivity index (χ0n) is 16.9. The van der Waals surface area contributed by atoms with Crippen LogP contribution in [0.1, 0.15) is 12.8 Å². The highest BCUT2D eigenvalue weighted by Gasteiger charge is 2.17. The first-order valence-electron chi connectivity index (χ1n) is 10.1. The van der Waals surface area contributed by atoms with Crippen molar-refractivity contribution in [3.63, 3.8) is 0 Å². The van der Waals surface area contributed by atoms with Crippen molar-refractivity contribution in [1.29, 1.82) is 0 Å². The van der Waals surface area contributed by atoms with Gasteiger partial charge in [0.1, 0.15) is 11.2 Å². The first-order valence-corrected chi connectivity index (χ1v) is 10.1. The highest BCUT2D eigenvalue weighted by molar-refractivity contribution is 5.80. The molecule has 0 bridgehead atoms. The third-order valence-electron chi connectivity index (χ3n) is 5.68. The van der Waals surface area contributed by atoms with Gasteiger partial charge in [0, 0.05) is 50.9 Å². The predicted molar refractivity (Wildman–Crippen MR) is 113 cm³/mol. The Hall–Kier alpha value is -3.26. The van der Waals surface area contributed by atoms with Crippen molar-refractivity contribution >= 4 is 22.4 Å². The van der Waals surface area contributed by atoms with Crippen molar-refractivity contribution in [3.8, 4) is 11.3 Å². The summed E-state index contributed by atoms with van der Waals surface area (Å²) in [5, 5.41) is 0. The fourth-order valence-corrected chi connectivity index (χ4v) is 4.00. The monoisotopic (exact) mass is 407 g/mol. The number of rotatable bonds is 3. The number of nitrogens with zero attached hydrogens (tertiary/aromatic N) is 5. The van der Waals surface area contributed by atoms with E-state index >= 15 is 0 Å². The van der Waals surface area contributed by atoms with Gasteiger partial charge in [-0.1, -0.05) is 6.92 Å². The van der Waals surface area contributed by atoms with Gasteiger partial charge in [0.25, 0.3) is 5.56 Å². The van der Waals surface area contributed by atoms with Crippen molar-refractivity contribution in [2.45, 2.75) is 13.8 Å². The molecule has 1 aliphatic heterocycles. The smallest absolute Gasteiger partial charge is 0.258 e. The van der Waals surface area contributed by atoms with Crippen LogP contribution in [0.4, 0.5) is 10.1 Å². The van der Waals surface area contributed by atoms with Crippen molar-refractivity contribution in [3.05, 3.63) is 58.6 Å². The zero-order chi connectivity index (χ0) is 20.8. The third-order valence-corrected chi connectivity index (χ3v) is 5.68. The Labute approximate surface area is 172 Å². The summed E-state index contributed by atoms with van der Waals surface area (Å²) in [5.41, 5.74) is 2.71. The molecule has 0 atom stereocenters. The highest BCUT2D eigenvalue weighted by atomic mass is 19.1. The number of likely N-dealkylation sites (N-methyl/N-ethyl adjacent to an activating group) is 1. The number of aromatic nitrogens is 3. The molecule has 0 radical (unpaired) electrons. The van der Waals surface area contributed by atoms with Gasteiger partial charge in [0.05, 0.1) is 11.4 Å². The van der Waals surface area contributed by atoms with Gasteiger partial charge >= 0.3 is 0 Å². The molecule has 1 aliphatic rings. The third kappa shape index (κ3) is 3.23. The summed E-state index contributed by atoms with van der Waals surface area (Å²) in [6.45, 7) is 8.76. The van der Waals surface area contributed by atoms with E-state index in [1.165, 1.54) is 12.1 Å². The molecule has 1 fully saturated rings. The van der Waals surface area contributed by atoms with E-state index < -0.39 is 5.82 Å². The lowest BCUT2D eigenvalue weighted by atomic mass is 10.1. The average molecular weight is 407 g/mol. The molecule has 0 N–H and O–H groups in total. The van der Waals surface area contributed by atoms with Crippen LogP contribution in [0.15, 0.2) is 45.7 Å². The lowest BCUT2D eigenvalue weighted by Crippen LogP contribution is -2.46. The van der Waals surface area contributed by atoms with E-state index in [9.17, 15) is 9.18 Å². The van der Waals surface area contributed by atoms with Crippen molar-refractivity contribution in [2.24, 2.45) is 0 Å². The zero-order valence-corrected chi connectivity index (χ0v) is 16.9. The van der Waals surface area contributed by atoms with Crippen LogP contribution in [-0.2, 0) is 0 Å². The fourth-order valence-electron chi connectivity index (χ4n) is 4.00. The quantitative estimate of drug-likeness (QED) is 0.520. The molecule has 4 heterocycles. The molecule has 154 valence electrons. The number of benzene rings is 1. The first kappa shape index (κ1) is 18.7. The molecule has 0 amide bonds. The van der Waals surface area contributed by atoms with E-state index in [1.807, 2.05) is 18.3 Å². The summed E-state index contributed by atoms with van der Waals surface area (Å²) < 4.78 is 21.4. The first-order chi connectivity index (χ1) is 14.5. The summed E-state index contributed by atoms with van der Waals surface area (Å²) in [4.78, 5) is 26.1. The van der Waals surface area contributed by atoms with Gasteiger partial charge in [-0.2, -0.15) is 0 Å². The summed E-state index contributed by atoms with van der Waals surface area (Å²) in [6, 6.07) is 8.24. The Kier molecular flexibility index (Phi) is 4.51. The summed E-state index contributed by atoms with van der Waals surface area (Å²) >= 11 is 0. The fraction of sp³-hybridized carbons (Fsp3) is 0.318. The summed E-state index contributed by atoms with van der Waals surface area (Å²) in [5.74, 6) is -0.109. The number of halogens is 1. The van der Waals surface area contributed by atoms with E-state index in [0.717, 1.165) is 38.4 Å². The highest BCUT2D eigenvalue weighted by Crippen LogP contribution is 2.26. The normalized spacial score (nSPS) is 15.4. The number of pyridine rings is 1. The minimum Gasteiger partial charge on any atom is -0.441 e. The Morgan fingerprint density at radius 2 is 1.90 bits per heavy atom. The topological polar surface area (TPSA) is 66.9 Å². The van der Waals surface area contributed by atoms with Crippen LogP contribution >= 0.6 is 0 Å². The molecular weight excluding hydrogens is 385 g/mol. The number of fused-ring (bicyclic) bond motifs is 2. The number of aryl methyl sites for hydroxylation is 1. The summed E-state index contributed by atoms with van der Waals surface area (Å²) in [6.07, 6.45) is 1.83. The minimum absolute atomic E-state index is 0.182. The Bertz CT molecular complexity index is 1300. The van der Waals surface area contributed by atoms with Crippen molar-refractivity contribution < 1.29 is 8.81 Å². The van der Waals surface area contributed by atoms with Crippen LogP contribution in [0.2, 0.25) is 0 Å². The predicted octanol–water partition coefficient (Wildman–Crippen LogP) is 3.09. The molecule has 1 aromatic carbocycles. The SMILES string of the molecule is CCN1CCN(c2ccc3nc(-c4cc(F)c5nc(C)oc5c4)cc(=O)n3c2)CC1. The second-order valence-corrected chi connectivity index (χ2v) is 7.55. The maximum atomic E-state index is 14.4. The van der Waals surface area contributed by atoms with Crippen molar-refractivity contribution in [2.75, 3.05) is 37.6 Å². The Morgan fingerprint density at radius 1 is 1.10 bits per heavy atom. The molecule has 4 aromatic rings. The largest absolute Gasteiger partial charge is 0.441 e. The Morgan fingerprint density at radius 3 is 2.67 bits per heavy atom. The molecule has 8 heteroatoms. The molecular formula is C22H22FN5O2. The van der Waals surface area contributed by atoms with Crippen molar-refractivity contribution in [1.82, 2.24) is 19.3 Å². The van der Waals surface area contributed by atoms with Crippen LogP contribution in [0, 0.1) is 12.7 Å². The van der Waals surface area contributed by atoms with Crippen LogP contribution < -0.4 is 10.5 Å². The molecule has 30 heavy (non-hydrogen) atoms. The number of anilines is 1. The molecule has 0 unspecified atom stereocenters. The van der Waals surface area contributed by atoms with E-state index in [-0.39, 0.29) is 11.1 Å². The standard InChI is InChI=1S/C22H22FN5O2/c1-3-26-6-8-27(9-7-26)16-4-5-20-25-18(12-21(29)28(20)13-16)15-10-17(23)22-19(11-15)30-14(2)24-22/h4-5,10-13H,3,6-9H2,1-2H3. The van der Waals surface area contributed by atoms with Gasteiger partial charge in [-0.3, -0.25) is 9.20 Å². The molecule has 0 spiro atoms. The van der Waals surface area contributed by atoms with Gasteiger partial charge < -0.3 is 14.2 Å². The number of hydrogen-bond acceptors (Lipinski definition) is 6. The number of piperazine rings is 1. The molecule has 0 saturated carbocycles. The average Bonchev–Trinajstić information content (AvgIpc) is 3.14. The second-order valence-electron chi connectivity index (χ2n) is 7.55. The maximum Gasteiger partial charge on any atom is 0.258 e. The van der Waals surface area contributed by atoms with Crippen LogP contribution in [0.25, 0.3) is 28.0 Å². The van der Waals surface area contributed by atoms with E-state index in [2.05, 4.69) is 26.7 Å². The summed E-state index contributed by atoms with van der Waals surface area (Å²) in [7, 11) is 0. The lowest BCUT2D eigenvalue weighted by Gasteiger charge is -2.35. The minimum atomic E-state index is -0.497. The van der Waals surface area contributed by atoms with Crippen LogP contribution in [0.3, 0.4) is 0 Å². The maximum absolute atomic E-state index is 14.4.